The quantitative estimate of drug-likeness (QED) is 0.885. The number of benzene rings is 1. The molecule has 1 unspecified atom stereocenters. The molecule has 1 saturated carbocycles. The van der Waals surface area contributed by atoms with E-state index in [1.54, 1.807) is 0 Å². The van der Waals surface area contributed by atoms with E-state index >= 15 is 0 Å². The molecule has 3 rings (SSSR count). The maximum Gasteiger partial charge on any atom is 0.250 e. The summed E-state index contributed by atoms with van der Waals surface area (Å²) in [5, 5.41) is 6.33. The maximum atomic E-state index is 12.3. The van der Waals surface area contributed by atoms with Crippen molar-refractivity contribution in [2.24, 2.45) is 0 Å². The molecule has 0 bridgehead atoms. The summed E-state index contributed by atoms with van der Waals surface area (Å²) < 4.78 is 5.52. The van der Waals surface area contributed by atoms with Gasteiger partial charge in [-0.15, -0.1) is 0 Å². The molecule has 1 saturated heterocycles. The van der Waals surface area contributed by atoms with E-state index in [1.807, 2.05) is 6.07 Å². The Labute approximate surface area is 126 Å². The third-order valence-electron chi connectivity index (χ3n) is 4.77. The van der Waals surface area contributed by atoms with Crippen LogP contribution in [0.3, 0.4) is 0 Å². The van der Waals surface area contributed by atoms with Crippen LogP contribution in [-0.2, 0) is 14.9 Å². The minimum absolute atomic E-state index is 0.0180. The van der Waals surface area contributed by atoms with Crippen LogP contribution in [0.5, 0.6) is 0 Å². The molecular weight excluding hydrogens is 264 g/mol. The molecule has 114 valence electrons. The van der Waals surface area contributed by atoms with Crippen LogP contribution in [0.15, 0.2) is 30.3 Å². The average molecular weight is 288 g/mol. The van der Waals surface area contributed by atoms with Crippen LogP contribution in [0.25, 0.3) is 0 Å². The number of hydrogen-bond acceptors (Lipinski definition) is 3. The Kier molecular flexibility index (Phi) is 4.56. The first-order chi connectivity index (χ1) is 10.3. The smallest absolute Gasteiger partial charge is 0.250 e. The lowest BCUT2D eigenvalue weighted by Gasteiger charge is -2.31. The fourth-order valence-electron chi connectivity index (χ4n) is 3.51. The van der Waals surface area contributed by atoms with Crippen LogP contribution in [0.4, 0.5) is 0 Å². The van der Waals surface area contributed by atoms with Crippen LogP contribution >= 0.6 is 0 Å². The van der Waals surface area contributed by atoms with E-state index in [1.165, 1.54) is 18.4 Å². The molecule has 1 aromatic rings. The van der Waals surface area contributed by atoms with E-state index in [0.29, 0.717) is 13.2 Å². The lowest BCUT2D eigenvalue weighted by atomic mass is 9.79. The van der Waals surface area contributed by atoms with Gasteiger partial charge in [0.25, 0.3) is 0 Å². The highest BCUT2D eigenvalue weighted by Crippen LogP contribution is 2.40. The Morgan fingerprint density at radius 2 is 2.05 bits per heavy atom. The largest absolute Gasteiger partial charge is 0.366 e. The normalized spacial score (nSPS) is 24.7. The van der Waals surface area contributed by atoms with E-state index < -0.39 is 0 Å². The summed E-state index contributed by atoms with van der Waals surface area (Å²) in [7, 11) is 0. The minimum Gasteiger partial charge on any atom is -0.366 e. The number of nitrogens with one attached hydrogen (secondary N) is 2. The average Bonchev–Trinajstić information content (AvgIpc) is 3.04. The van der Waals surface area contributed by atoms with Gasteiger partial charge in [0.05, 0.1) is 6.61 Å². The molecule has 21 heavy (non-hydrogen) atoms. The van der Waals surface area contributed by atoms with Gasteiger partial charge in [-0.3, -0.25) is 4.79 Å². The standard InChI is InChI=1S/C17H24N2O2/c20-16(15-12-18-10-11-21-15)19-13-17(8-4-5-9-17)14-6-2-1-3-7-14/h1-3,6-7,15,18H,4-5,8-13H2,(H,19,20). The predicted octanol–water partition coefficient (Wildman–Crippen LogP) is 1.60. The van der Waals surface area contributed by atoms with Gasteiger partial charge in [-0.25, -0.2) is 0 Å². The number of carbonyl (C=O) groups is 1. The topological polar surface area (TPSA) is 50.4 Å². The van der Waals surface area contributed by atoms with E-state index in [2.05, 4.69) is 34.9 Å². The van der Waals surface area contributed by atoms with Gasteiger partial charge in [-0.05, 0) is 18.4 Å². The zero-order valence-electron chi connectivity index (χ0n) is 12.4. The first-order valence-electron chi connectivity index (χ1n) is 7.96. The third kappa shape index (κ3) is 3.27. The van der Waals surface area contributed by atoms with Crippen molar-refractivity contribution < 1.29 is 9.53 Å². The summed E-state index contributed by atoms with van der Waals surface area (Å²) in [6.07, 6.45) is 4.45. The first-order valence-corrected chi connectivity index (χ1v) is 7.96. The highest BCUT2D eigenvalue weighted by Gasteiger charge is 2.36. The van der Waals surface area contributed by atoms with Gasteiger partial charge in [0.2, 0.25) is 5.91 Å². The van der Waals surface area contributed by atoms with Crippen LogP contribution in [0, 0.1) is 0 Å². The second-order valence-corrected chi connectivity index (χ2v) is 6.13. The molecule has 4 nitrogen and oxygen atoms in total. The van der Waals surface area contributed by atoms with E-state index in [-0.39, 0.29) is 17.4 Å². The zero-order chi connectivity index (χ0) is 14.5. The highest BCUT2D eigenvalue weighted by molar-refractivity contribution is 5.81. The van der Waals surface area contributed by atoms with Gasteiger partial charge < -0.3 is 15.4 Å². The van der Waals surface area contributed by atoms with Crippen LogP contribution in [0.2, 0.25) is 0 Å². The second kappa shape index (κ2) is 6.58. The monoisotopic (exact) mass is 288 g/mol. The van der Waals surface area contributed by atoms with Crippen molar-refractivity contribution in [1.82, 2.24) is 10.6 Å². The van der Waals surface area contributed by atoms with Gasteiger partial charge in [-0.1, -0.05) is 43.2 Å². The molecule has 0 spiro atoms. The first kappa shape index (κ1) is 14.5. The molecule has 4 heteroatoms. The van der Waals surface area contributed by atoms with Gasteiger partial charge in [0.1, 0.15) is 6.10 Å². The van der Waals surface area contributed by atoms with E-state index in [4.69, 9.17) is 4.74 Å². The number of amides is 1. The fourth-order valence-corrected chi connectivity index (χ4v) is 3.51. The Bertz CT molecular complexity index is 463. The lowest BCUT2D eigenvalue weighted by Crippen LogP contribution is -2.50. The van der Waals surface area contributed by atoms with Crippen molar-refractivity contribution in [3.63, 3.8) is 0 Å². The highest BCUT2D eigenvalue weighted by atomic mass is 16.5. The van der Waals surface area contributed by atoms with Crippen molar-refractivity contribution >= 4 is 5.91 Å². The second-order valence-electron chi connectivity index (χ2n) is 6.13. The predicted molar refractivity (Wildman–Crippen MR) is 82.2 cm³/mol. The number of morpholine rings is 1. The summed E-state index contributed by atoms with van der Waals surface area (Å²) in [4.78, 5) is 12.3. The molecule has 2 fully saturated rings. The van der Waals surface area contributed by atoms with Gasteiger partial charge in [-0.2, -0.15) is 0 Å². The van der Waals surface area contributed by atoms with E-state index in [9.17, 15) is 4.79 Å². The fraction of sp³-hybridized carbons (Fsp3) is 0.588. The Morgan fingerprint density at radius 3 is 2.71 bits per heavy atom. The van der Waals surface area contributed by atoms with Crippen molar-refractivity contribution in [3.05, 3.63) is 35.9 Å². The lowest BCUT2D eigenvalue weighted by molar-refractivity contribution is -0.134. The van der Waals surface area contributed by atoms with E-state index in [0.717, 1.165) is 25.9 Å². The Hall–Kier alpha value is -1.39. The number of hydrogen-bond donors (Lipinski definition) is 2. The third-order valence-corrected chi connectivity index (χ3v) is 4.77. The Balaban J connectivity index is 1.64. The number of rotatable bonds is 4. The summed E-state index contributed by atoms with van der Waals surface area (Å²) in [6.45, 7) is 2.78. The molecule has 1 aliphatic carbocycles. The van der Waals surface area contributed by atoms with Crippen molar-refractivity contribution in [2.45, 2.75) is 37.2 Å². The molecule has 1 heterocycles. The summed E-state index contributed by atoms with van der Waals surface area (Å²) in [5.41, 5.74) is 1.46. The molecule has 2 aliphatic rings. The van der Waals surface area contributed by atoms with Crippen molar-refractivity contribution in [2.75, 3.05) is 26.2 Å². The van der Waals surface area contributed by atoms with Crippen LogP contribution in [-0.4, -0.2) is 38.3 Å². The molecule has 0 aromatic heterocycles. The minimum atomic E-state index is -0.340. The molecule has 1 aromatic carbocycles. The summed E-state index contributed by atoms with van der Waals surface area (Å²) >= 11 is 0. The molecular formula is C17H24N2O2. The molecule has 2 N–H and O–H groups in total. The number of ether oxygens (including phenoxy) is 1. The summed E-state index contributed by atoms with van der Waals surface area (Å²) in [6, 6.07) is 10.6. The molecule has 1 aliphatic heterocycles. The van der Waals surface area contributed by atoms with Gasteiger partial charge in [0.15, 0.2) is 0 Å². The number of carbonyl (C=O) groups excluding carboxylic acids is 1. The molecule has 0 radical (unpaired) electrons. The summed E-state index contributed by atoms with van der Waals surface area (Å²) in [5.74, 6) is 0.0180. The van der Waals surface area contributed by atoms with Crippen molar-refractivity contribution in [1.29, 1.82) is 0 Å². The maximum absolute atomic E-state index is 12.3. The van der Waals surface area contributed by atoms with Crippen LogP contribution < -0.4 is 10.6 Å². The zero-order valence-corrected chi connectivity index (χ0v) is 12.4. The van der Waals surface area contributed by atoms with Gasteiger partial charge in [0, 0.05) is 25.0 Å². The van der Waals surface area contributed by atoms with Crippen molar-refractivity contribution in [3.8, 4) is 0 Å². The Morgan fingerprint density at radius 1 is 1.29 bits per heavy atom. The van der Waals surface area contributed by atoms with Crippen LogP contribution in [0.1, 0.15) is 31.2 Å². The molecule has 1 atom stereocenters. The van der Waals surface area contributed by atoms with Gasteiger partial charge >= 0.3 is 0 Å². The molecule has 1 amide bonds. The SMILES string of the molecule is O=C(NCC1(c2ccccc2)CCCC1)C1CNCCO1.